The van der Waals surface area contributed by atoms with Crippen LogP contribution in [-0.4, -0.2) is 22.9 Å². The predicted octanol–water partition coefficient (Wildman–Crippen LogP) is 1.48. The third-order valence-electron chi connectivity index (χ3n) is 2.87. The molecular weight excluding hydrogens is 152 g/mol. The van der Waals surface area contributed by atoms with Crippen molar-refractivity contribution in [1.29, 1.82) is 0 Å². The van der Waals surface area contributed by atoms with Gasteiger partial charge in [-0.2, -0.15) is 0 Å². The summed E-state index contributed by atoms with van der Waals surface area (Å²) in [5.74, 6) is 0. The highest BCUT2D eigenvalue weighted by Crippen LogP contribution is 2.38. The first-order chi connectivity index (χ1) is 5.58. The quantitative estimate of drug-likeness (QED) is 0.616. The van der Waals surface area contributed by atoms with Gasteiger partial charge in [-0.15, -0.1) is 0 Å². The van der Waals surface area contributed by atoms with Crippen LogP contribution < -0.4 is 0 Å². The van der Waals surface area contributed by atoms with Crippen LogP contribution in [0.15, 0.2) is 11.6 Å². The fourth-order valence-corrected chi connectivity index (χ4v) is 1.95. The smallest absolute Gasteiger partial charge is 0.0827 e. The molecule has 0 heterocycles. The predicted molar refractivity (Wildman–Crippen MR) is 48.8 cm³/mol. The molecule has 0 fully saturated rings. The standard InChI is InChI=1S/C10H18O2/c1-8-4-3-5-10(2,6-8)9(12)7-11/h4,9,11-12H,3,5-7H2,1-2H3/t9-,10-/m0/s1. The molecule has 12 heavy (non-hydrogen) atoms. The van der Waals surface area contributed by atoms with Gasteiger partial charge in [0, 0.05) is 0 Å². The highest BCUT2D eigenvalue weighted by atomic mass is 16.3. The molecule has 0 radical (unpaired) electrons. The van der Waals surface area contributed by atoms with Gasteiger partial charge in [-0.05, 0) is 31.6 Å². The molecule has 2 heteroatoms. The molecule has 1 aliphatic rings. The second-order valence-corrected chi connectivity index (χ2v) is 4.12. The van der Waals surface area contributed by atoms with E-state index in [1.54, 1.807) is 0 Å². The molecule has 0 amide bonds. The summed E-state index contributed by atoms with van der Waals surface area (Å²) >= 11 is 0. The first-order valence-corrected chi connectivity index (χ1v) is 4.53. The van der Waals surface area contributed by atoms with E-state index in [-0.39, 0.29) is 12.0 Å². The summed E-state index contributed by atoms with van der Waals surface area (Å²) in [6.07, 6.45) is 4.56. The number of aliphatic hydroxyl groups excluding tert-OH is 2. The van der Waals surface area contributed by atoms with Crippen LogP contribution in [0.1, 0.15) is 33.1 Å². The zero-order valence-electron chi connectivity index (χ0n) is 7.88. The number of hydrogen-bond donors (Lipinski definition) is 2. The SMILES string of the molecule is CC1=CCC[C@](C)([C@@H](O)CO)C1. The molecule has 0 aliphatic heterocycles. The molecule has 0 unspecified atom stereocenters. The van der Waals surface area contributed by atoms with Gasteiger partial charge in [0.15, 0.2) is 0 Å². The van der Waals surface area contributed by atoms with Crippen molar-refractivity contribution < 1.29 is 10.2 Å². The molecule has 0 aromatic rings. The fraction of sp³-hybridized carbons (Fsp3) is 0.800. The van der Waals surface area contributed by atoms with Crippen molar-refractivity contribution in [3.05, 3.63) is 11.6 Å². The molecule has 2 atom stereocenters. The second kappa shape index (κ2) is 3.58. The Hall–Kier alpha value is -0.340. The van der Waals surface area contributed by atoms with E-state index in [0.717, 1.165) is 19.3 Å². The third-order valence-corrected chi connectivity index (χ3v) is 2.87. The number of rotatable bonds is 2. The average molecular weight is 170 g/mol. The van der Waals surface area contributed by atoms with Gasteiger partial charge in [-0.25, -0.2) is 0 Å². The maximum atomic E-state index is 9.58. The van der Waals surface area contributed by atoms with Crippen LogP contribution in [0, 0.1) is 5.41 Å². The van der Waals surface area contributed by atoms with Gasteiger partial charge in [0.05, 0.1) is 12.7 Å². The zero-order chi connectivity index (χ0) is 9.19. The lowest BCUT2D eigenvalue weighted by Crippen LogP contribution is -2.36. The number of aliphatic hydroxyl groups is 2. The highest BCUT2D eigenvalue weighted by molar-refractivity contribution is 5.08. The monoisotopic (exact) mass is 170 g/mol. The summed E-state index contributed by atoms with van der Waals surface area (Å²) in [5, 5.41) is 18.5. The summed E-state index contributed by atoms with van der Waals surface area (Å²) < 4.78 is 0. The minimum atomic E-state index is -0.568. The van der Waals surface area contributed by atoms with Crippen LogP contribution >= 0.6 is 0 Å². The molecule has 0 aromatic heterocycles. The van der Waals surface area contributed by atoms with Crippen molar-refractivity contribution in [1.82, 2.24) is 0 Å². The molecule has 0 spiro atoms. The van der Waals surface area contributed by atoms with Crippen molar-refractivity contribution in [3.8, 4) is 0 Å². The topological polar surface area (TPSA) is 40.5 Å². The maximum absolute atomic E-state index is 9.58. The normalized spacial score (nSPS) is 32.8. The number of allylic oxidation sites excluding steroid dienone is 2. The van der Waals surface area contributed by atoms with Crippen molar-refractivity contribution in [2.45, 2.75) is 39.2 Å². The molecule has 0 bridgehead atoms. The van der Waals surface area contributed by atoms with Crippen molar-refractivity contribution >= 4 is 0 Å². The van der Waals surface area contributed by atoms with E-state index < -0.39 is 6.10 Å². The Morgan fingerprint density at radius 2 is 2.33 bits per heavy atom. The van der Waals surface area contributed by atoms with Gasteiger partial charge in [0.1, 0.15) is 0 Å². The van der Waals surface area contributed by atoms with E-state index in [4.69, 9.17) is 5.11 Å². The number of hydrogen-bond acceptors (Lipinski definition) is 2. The van der Waals surface area contributed by atoms with E-state index in [2.05, 4.69) is 13.0 Å². The van der Waals surface area contributed by atoms with E-state index >= 15 is 0 Å². The van der Waals surface area contributed by atoms with Crippen LogP contribution in [0.3, 0.4) is 0 Å². The summed E-state index contributed by atoms with van der Waals surface area (Å²) in [5.41, 5.74) is 1.23. The lowest BCUT2D eigenvalue weighted by molar-refractivity contribution is -0.0128. The Bertz CT molecular complexity index is 186. The third kappa shape index (κ3) is 1.87. The van der Waals surface area contributed by atoms with Gasteiger partial charge in [0.25, 0.3) is 0 Å². The second-order valence-electron chi connectivity index (χ2n) is 4.12. The fourth-order valence-electron chi connectivity index (χ4n) is 1.95. The molecule has 1 rings (SSSR count). The highest BCUT2D eigenvalue weighted by Gasteiger charge is 2.33. The summed E-state index contributed by atoms with van der Waals surface area (Å²) in [7, 11) is 0. The van der Waals surface area contributed by atoms with Crippen LogP contribution in [0.2, 0.25) is 0 Å². The maximum Gasteiger partial charge on any atom is 0.0827 e. The van der Waals surface area contributed by atoms with Gasteiger partial charge in [-0.1, -0.05) is 18.6 Å². The van der Waals surface area contributed by atoms with E-state index in [9.17, 15) is 5.11 Å². The van der Waals surface area contributed by atoms with Crippen LogP contribution in [0.4, 0.5) is 0 Å². The van der Waals surface area contributed by atoms with Crippen LogP contribution in [0.5, 0.6) is 0 Å². The van der Waals surface area contributed by atoms with Crippen molar-refractivity contribution in [2.24, 2.45) is 5.41 Å². The van der Waals surface area contributed by atoms with Gasteiger partial charge in [-0.3, -0.25) is 0 Å². The molecule has 1 aliphatic carbocycles. The molecule has 70 valence electrons. The van der Waals surface area contributed by atoms with Gasteiger partial charge >= 0.3 is 0 Å². The Labute approximate surface area is 73.9 Å². The first kappa shape index (κ1) is 9.75. The first-order valence-electron chi connectivity index (χ1n) is 4.53. The summed E-state index contributed by atoms with van der Waals surface area (Å²) in [6, 6.07) is 0. The van der Waals surface area contributed by atoms with Crippen molar-refractivity contribution in [3.63, 3.8) is 0 Å². The van der Waals surface area contributed by atoms with E-state index in [1.807, 2.05) is 6.92 Å². The van der Waals surface area contributed by atoms with Crippen LogP contribution in [0.25, 0.3) is 0 Å². The van der Waals surface area contributed by atoms with E-state index in [1.165, 1.54) is 5.57 Å². The average Bonchev–Trinajstić information content (AvgIpc) is 2.02. The molecule has 2 nitrogen and oxygen atoms in total. The molecule has 0 saturated carbocycles. The summed E-state index contributed by atoms with van der Waals surface area (Å²) in [4.78, 5) is 0. The minimum absolute atomic E-state index is 0.104. The zero-order valence-corrected chi connectivity index (χ0v) is 7.88. The van der Waals surface area contributed by atoms with Crippen LogP contribution in [-0.2, 0) is 0 Å². The Balaban J connectivity index is 2.66. The Kier molecular flexibility index (Phi) is 2.91. The minimum Gasteiger partial charge on any atom is -0.394 e. The molecule has 2 N–H and O–H groups in total. The van der Waals surface area contributed by atoms with E-state index in [0.29, 0.717) is 0 Å². The Morgan fingerprint density at radius 3 is 2.83 bits per heavy atom. The molecule has 0 saturated heterocycles. The summed E-state index contributed by atoms with van der Waals surface area (Å²) in [6.45, 7) is 4.01. The molecule has 0 aromatic carbocycles. The van der Waals surface area contributed by atoms with Crippen molar-refractivity contribution in [2.75, 3.05) is 6.61 Å². The largest absolute Gasteiger partial charge is 0.394 e. The molecular formula is C10H18O2. The lowest BCUT2D eigenvalue weighted by Gasteiger charge is -2.36. The Morgan fingerprint density at radius 1 is 1.67 bits per heavy atom. The van der Waals surface area contributed by atoms with Gasteiger partial charge in [0.2, 0.25) is 0 Å². The lowest BCUT2D eigenvalue weighted by atomic mass is 9.72. The van der Waals surface area contributed by atoms with Gasteiger partial charge < -0.3 is 10.2 Å².